The Morgan fingerprint density at radius 1 is 1.29 bits per heavy atom. The van der Waals surface area contributed by atoms with E-state index in [1.165, 1.54) is 12.1 Å². The van der Waals surface area contributed by atoms with Crippen LogP contribution in [0, 0.1) is 5.82 Å². The van der Waals surface area contributed by atoms with Crippen LogP contribution in [0.1, 0.15) is 18.5 Å². The predicted octanol–water partition coefficient (Wildman–Crippen LogP) is 1.88. The van der Waals surface area contributed by atoms with Crippen molar-refractivity contribution >= 4 is 0 Å². The molecule has 1 unspecified atom stereocenters. The number of nitrogens with one attached hydrogen (secondary N) is 1. The first kappa shape index (κ1) is 9.62. The fraction of sp³-hybridized carbons (Fsp3) is 0.455. The molecular formula is C11H14FNO. The lowest BCUT2D eigenvalue weighted by Gasteiger charge is -2.29. The largest absolute Gasteiger partial charge is 0.378 e. The highest BCUT2D eigenvalue weighted by molar-refractivity contribution is 5.20. The third-order valence-electron chi connectivity index (χ3n) is 2.41. The number of rotatable bonds is 1. The summed E-state index contributed by atoms with van der Waals surface area (Å²) in [5.41, 5.74) is 1.08. The van der Waals surface area contributed by atoms with Gasteiger partial charge in [-0.15, -0.1) is 0 Å². The SMILES string of the molecule is C[C@@H]1COCC(c2ccc(F)cc2)N1. The molecule has 0 bridgehead atoms. The maximum Gasteiger partial charge on any atom is 0.123 e. The summed E-state index contributed by atoms with van der Waals surface area (Å²) in [4.78, 5) is 0. The molecule has 14 heavy (non-hydrogen) atoms. The number of hydrogen-bond donors (Lipinski definition) is 1. The van der Waals surface area contributed by atoms with E-state index in [4.69, 9.17) is 4.74 Å². The Hall–Kier alpha value is -0.930. The third-order valence-corrected chi connectivity index (χ3v) is 2.41. The Bertz CT molecular complexity index is 299. The van der Waals surface area contributed by atoms with E-state index >= 15 is 0 Å². The van der Waals surface area contributed by atoms with Crippen molar-refractivity contribution in [2.75, 3.05) is 13.2 Å². The Kier molecular flexibility index (Phi) is 2.79. The maximum atomic E-state index is 12.7. The fourth-order valence-corrected chi connectivity index (χ4v) is 1.69. The van der Waals surface area contributed by atoms with Crippen LogP contribution >= 0.6 is 0 Å². The molecule has 0 aromatic heterocycles. The normalized spacial score (nSPS) is 27.6. The molecule has 0 radical (unpaired) electrons. The van der Waals surface area contributed by atoms with Crippen LogP contribution in [0.3, 0.4) is 0 Å². The molecule has 1 saturated heterocycles. The minimum atomic E-state index is -0.196. The molecule has 1 heterocycles. The molecule has 1 aromatic rings. The number of benzene rings is 1. The number of halogens is 1. The van der Waals surface area contributed by atoms with Crippen molar-refractivity contribution in [3.05, 3.63) is 35.6 Å². The highest BCUT2D eigenvalue weighted by Gasteiger charge is 2.19. The van der Waals surface area contributed by atoms with Gasteiger partial charge in [-0.2, -0.15) is 0 Å². The van der Waals surface area contributed by atoms with E-state index in [1.807, 2.05) is 0 Å². The summed E-state index contributed by atoms with van der Waals surface area (Å²) in [6.07, 6.45) is 0. The standard InChI is InChI=1S/C11H14FNO/c1-8-6-14-7-11(13-8)9-2-4-10(12)5-3-9/h2-5,8,11,13H,6-7H2,1H3/t8-,11?/m1/s1. The van der Waals surface area contributed by atoms with Gasteiger partial charge in [-0.1, -0.05) is 12.1 Å². The minimum Gasteiger partial charge on any atom is -0.378 e. The van der Waals surface area contributed by atoms with Crippen LogP contribution in [0.2, 0.25) is 0 Å². The van der Waals surface area contributed by atoms with Crippen molar-refractivity contribution in [3.63, 3.8) is 0 Å². The second-order valence-electron chi connectivity index (χ2n) is 3.71. The first-order chi connectivity index (χ1) is 6.75. The van der Waals surface area contributed by atoms with Crippen molar-refractivity contribution in [2.45, 2.75) is 19.0 Å². The first-order valence-corrected chi connectivity index (χ1v) is 4.85. The van der Waals surface area contributed by atoms with Gasteiger partial charge in [0.2, 0.25) is 0 Å². The maximum absolute atomic E-state index is 12.7. The Labute approximate surface area is 83.1 Å². The van der Waals surface area contributed by atoms with E-state index < -0.39 is 0 Å². The van der Waals surface area contributed by atoms with Gasteiger partial charge in [-0.25, -0.2) is 4.39 Å². The van der Waals surface area contributed by atoms with Crippen LogP contribution in [0.5, 0.6) is 0 Å². The lowest BCUT2D eigenvalue weighted by atomic mass is 10.1. The molecule has 0 amide bonds. The van der Waals surface area contributed by atoms with Crippen molar-refractivity contribution in [1.29, 1.82) is 0 Å². The van der Waals surface area contributed by atoms with Crippen LogP contribution in [-0.2, 0) is 4.74 Å². The second kappa shape index (κ2) is 4.07. The topological polar surface area (TPSA) is 21.3 Å². The molecular weight excluding hydrogens is 181 g/mol. The van der Waals surface area contributed by atoms with E-state index in [9.17, 15) is 4.39 Å². The van der Waals surface area contributed by atoms with Crippen molar-refractivity contribution < 1.29 is 9.13 Å². The molecule has 0 spiro atoms. The molecule has 2 rings (SSSR count). The Morgan fingerprint density at radius 3 is 2.64 bits per heavy atom. The summed E-state index contributed by atoms with van der Waals surface area (Å²) in [6, 6.07) is 7.12. The average molecular weight is 195 g/mol. The van der Waals surface area contributed by atoms with Crippen molar-refractivity contribution in [2.24, 2.45) is 0 Å². The Balaban J connectivity index is 2.10. The van der Waals surface area contributed by atoms with Crippen LogP contribution in [0.25, 0.3) is 0 Å². The summed E-state index contributed by atoms with van der Waals surface area (Å²) in [7, 11) is 0. The fourth-order valence-electron chi connectivity index (χ4n) is 1.69. The lowest BCUT2D eigenvalue weighted by molar-refractivity contribution is 0.0504. The molecule has 2 atom stereocenters. The quantitative estimate of drug-likeness (QED) is 0.738. The van der Waals surface area contributed by atoms with Crippen LogP contribution in [0.4, 0.5) is 4.39 Å². The van der Waals surface area contributed by atoms with E-state index in [0.29, 0.717) is 12.6 Å². The predicted molar refractivity (Wildman–Crippen MR) is 52.6 cm³/mol. The van der Waals surface area contributed by atoms with Crippen molar-refractivity contribution in [1.82, 2.24) is 5.32 Å². The molecule has 1 aromatic carbocycles. The minimum absolute atomic E-state index is 0.194. The summed E-state index contributed by atoms with van der Waals surface area (Å²) < 4.78 is 18.1. The lowest BCUT2D eigenvalue weighted by Crippen LogP contribution is -2.41. The van der Waals surface area contributed by atoms with Gasteiger partial charge in [0, 0.05) is 6.04 Å². The zero-order valence-corrected chi connectivity index (χ0v) is 8.16. The summed E-state index contributed by atoms with van der Waals surface area (Å²) in [6.45, 7) is 3.49. The van der Waals surface area contributed by atoms with Gasteiger partial charge in [0.1, 0.15) is 5.82 Å². The van der Waals surface area contributed by atoms with E-state index in [-0.39, 0.29) is 11.9 Å². The molecule has 0 saturated carbocycles. The van der Waals surface area contributed by atoms with Gasteiger partial charge in [0.25, 0.3) is 0 Å². The number of hydrogen-bond acceptors (Lipinski definition) is 2. The zero-order chi connectivity index (χ0) is 9.97. The summed E-state index contributed by atoms with van der Waals surface area (Å²) in [5, 5.41) is 3.40. The molecule has 0 aliphatic carbocycles. The van der Waals surface area contributed by atoms with Gasteiger partial charge in [-0.05, 0) is 24.6 Å². The summed E-state index contributed by atoms with van der Waals surface area (Å²) >= 11 is 0. The highest BCUT2D eigenvalue weighted by atomic mass is 19.1. The molecule has 2 nitrogen and oxygen atoms in total. The molecule has 3 heteroatoms. The summed E-state index contributed by atoms with van der Waals surface area (Å²) in [5.74, 6) is -0.196. The number of ether oxygens (including phenoxy) is 1. The van der Waals surface area contributed by atoms with Gasteiger partial charge in [-0.3, -0.25) is 0 Å². The molecule has 1 aliphatic rings. The second-order valence-corrected chi connectivity index (χ2v) is 3.71. The van der Waals surface area contributed by atoms with Crippen LogP contribution < -0.4 is 5.32 Å². The highest BCUT2D eigenvalue weighted by Crippen LogP contribution is 2.17. The van der Waals surface area contributed by atoms with Gasteiger partial charge >= 0.3 is 0 Å². The smallest absolute Gasteiger partial charge is 0.123 e. The van der Waals surface area contributed by atoms with Gasteiger partial charge < -0.3 is 10.1 Å². The van der Waals surface area contributed by atoms with E-state index in [1.54, 1.807) is 12.1 Å². The Morgan fingerprint density at radius 2 is 2.00 bits per heavy atom. The average Bonchev–Trinajstić information content (AvgIpc) is 2.19. The monoisotopic (exact) mass is 195 g/mol. The molecule has 1 aliphatic heterocycles. The van der Waals surface area contributed by atoms with Crippen molar-refractivity contribution in [3.8, 4) is 0 Å². The van der Waals surface area contributed by atoms with E-state index in [2.05, 4.69) is 12.2 Å². The van der Waals surface area contributed by atoms with E-state index in [0.717, 1.165) is 12.2 Å². The molecule has 1 N–H and O–H groups in total. The molecule has 76 valence electrons. The van der Waals surface area contributed by atoms with Crippen LogP contribution in [-0.4, -0.2) is 19.3 Å². The molecule has 1 fully saturated rings. The number of morpholine rings is 1. The third kappa shape index (κ3) is 2.11. The first-order valence-electron chi connectivity index (χ1n) is 4.85. The zero-order valence-electron chi connectivity index (χ0n) is 8.16. The van der Waals surface area contributed by atoms with Gasteiger partial charge in [0.15, 0.2) is 0 Å². The van der Waals surface area contributed by atoms with Gasteiger partial charge in [0.05, 0.1) is 19.3 Å². The van der Waals surface area contributed by atoms with Crippen LogP contribution in [0.15, 0.2) is 24.3 Å².